The standard InChI is InChI=1S/C10H10F5NO2.ClH/c11-9(12,5-17)8(16)6-2-1-3-7(4-6)18-10(13,14)15;/h1-4,8,17H,5,16H2;1H/t8-;/m1./s1. The molecule has 1 atom stereocenters. The first-order valence-corrected chi connectivity index (χ1v) is 4.75. The molecule has 0 aliphatic rings. The molecule has 0 aliphatic carbocycles. The number of nitrogens with two attached hydrogens (primary N) is 1. The molecule has 0 fully saturated rings. The van der Waals surface area contributed by atoms with Crippen LogP contribution in [0, 0.1) is 0 Å². The fourth-order valence-electron chi connectivity index (χ4n) is 1.25. The summed E-state index contributed by atoms with van der Waals surface area (Å²) in [6.07, 6.45) is -4.91. The van der Waals surface area contributed by atoms with Crippen molar-refractivity contribution < 1.29 is 31.8 Å². The molecule has 1 aromatic carbocycles. The van der Waals surface area contributed by atoms with E-state index in [2.05, 4.69) is 4.74 Å². The molecule has 0 saturated heterocycles. The Kier molecular flexibility index (Phi) is 5.98. The topological polar surface area (TPSA) is 55.5 Å². The smallest absolute Gasteiger partial charge is 0.406 e. The lowest BCUT2D eigenvalue weighted by molar-refractivity contribution is -0.274. The summed E-state index contributed by atoms with van der Waals surface area (Å²) in [7, 11) is 0. The van der Waals surface area contributed by atoms with Crippen LogP contribution in [-0.2, 0) is 0 Å². The molecule has 1 rings (SSSR count). The molecule has 0 bridgehead atoms. The number of alkyl halides is 5. The van der Waals surface area contributed by atoms with Crippen LogP contribution < -0.4 is 10.5 Å². The highest BCUT2D eigenvalue weighted by Crippen LogP contribution is 2.31. The number of ether oxygens (including phenoxy) is 1. The summed E-state index contributed by atoms with van der Waals surface area (Å²) >= 11 is 0. The van der Waals surface area contributed by atoms with Crippen LogP contribution >= 0.6 is 12.4 Å². The van der Waals surface area contributed by atoms with E-state index in [0.717, 1.165) is 24.3 Å². The zero-order valence-electron chi connectivity index (χ0n) is 9.32. The second-order valence-corrected chi connectivity index (χ2v) is 3.52. The third kappa shape index (κ3) is 5.17. The quantitative estimate of drug-likeness (QED) is 0.841. The van der Waals surface area contributed by atoms with Crippen LogP contribution in [0.4, 0.5) is 22.0 Å². The van der Waals surface area contributed by atoms with Gasteiger partial charge in [-0.15, -0.1) is 25.6 Å². The van der Waals surface area contributed by atoms with Gasteiger partial charge in [-0.2, -0.15) is 0 Å². The Labute approximate surface area is 111 Å². The minimum Gasteiger partial charge on any atom is -0.406 e. The molecular weight excluding hydrogens is 297 g/mol. The fourth-order valence-corrected chi connectivity index (χ4v) is 1.25. The third-order valence-electron chi connectivity index (χ3n) is 2.12. The van der Waals surface area contributed by atoms with Gasteiger partial charge in [-0.1, -0.05) is 12.1 Å². The van der Waals surface area contributed by atoms with Gasteiger partial charge in [0.25, 0.3) is 5.92 Å². The van der Waals surface area contributed by atoms with Gasteiger partial charge >= 0.3 is 6.36 Å². The normalized spacial score (nSPS) is 13.6. The second kappa shape index (κ2) is 6.36. The van der Waals surface area contributed by atoms with E-state index in [9.17, 15) is 22.0 Å². The van der Waals surface area contributed by atoms with E-state index in [1.807, 2.05) is 0 Å². The maximum Gasteiger partial charge on any atom is 0.573 e. The van der Waals surface area contributed by atoms with E-state index in [1.165, 1.54) is 0 Å². The maximum atomic E-state index is 13.1. The van der Waals surface area contributed by atoms with Crippen LogP contribution in [0.15, 0.2) is 24.3 Å². The van der Waals surface area contributed by atoms with Crippen molar-refractivity contribution in [1.82, 2.24) is 0 Å². The molecule has 0 heterocycles. The Morgan fingerprint density at radius 2 is 1.79 bits per heavy atom. The van der Waals surface area contributed by atoms with Gasteiger partial charge < -0.3 is 15.6 Å². The number of aliphatic hydroxyl groups is 1. The minimum absolute atomic E-state index is 0. The molecule has 110 valence electrons. The van der Waals surface area contributed by atoms with Gasteiger partial charge in [0.15, 0.2) is 0 Å². The maximum absolute atomic E-state index is 13.1. The van der Waals surface area contributed by atoms with E-state index in [0.29, 0.717) is 0 Å². The highest BCUT2D eigenvalue weighted by Gasteiger charge is 2.38. The number of hydrogen-bond donors (Lipinski definition) is 2. The van der Waals surface area contributed by atoms with Crippen molar-refractivity contribution in [3.05, 3.63) is 29.8 Å². The predicted octanol–water partition coefficient (Wildman–Crippen LogP) is 2.63. The van der Waals surface area contributed by atoms with Gasteiger partial charge in [0.2, 0.25) is 0 Å². The van der Waals surface area contributed by atoms with Gasteiger partial charge in [0.1, 0.15) is 12.4 Å². The lowest BCUT2D eigenvalue weighted by atomic mass is 10.0. The SMILES string of the molecule is Cl.N[C@H](c1cccc(OC(F)(F)F)c1)C(F)(F)CO. The van der Waals surface area contributed by atoms with Crippen molar-refractivity contribution in [3.8, 4) is 5.75 Å². The summed E-state index contributed by atoms with van der Waals surface area (Å²) in [4.78, 5) is 0. The summed E-state index contributed by atoms with van der Waals surface area (Å²) in [5.41, 5.74) is 4.90. The number of aliphatic hydroxyl groups excluding tert-OH is 1. The van der Waals surface area contributed by atoms with Crippen LogP contribution in [0.25, 0.3) is 0 Å². The minimum atomic E-state index is -4.91. The highest BCUT2D eigenvalue weighted by atomic mass is 35.5. The molecule has 9 heteroatoms. The van der Waals surface area contributed by atoms with Gasteiger partial charge in [-0.25, -0.2) is 8.78 Å². The van der Waals surface area contributed by atoms with Crippen LogP contribution in [-0.4, -0.2) is 24.0 Å². The highest BCUT2D eigenvalue weighted by molar-refractivity contribution is 5.85. The summed E-state index contributed by atoms with van der Waals surface area (Å²) in [5.74, 6) is -4.28. The molecule has 0 aliphatic heterocycles. The fraction of sp³-hybridized carbons (Fsp3) is 0.400. The lowest BCUT2D eigenvalue weighted by Gasteiger charge is -2.22. The van der Waals surface area contributed by atoms with Crippen LogP contribution in [0.3, 0.4) is 0 Å². The summed E-state index contributed by atoms with van der Waals surface area (Å²) in [6.45, 7) is -1.50. The van der Waals surface area contributed by atoms with E-state index in [1.54, 1.807) is 0 Å². The third-order valence-corrected chi connectivity index (χ3v) is 2.12. The average Bonchev–Trinajstić information content (AvgIpc) is 2.26. The molecule has 3 N–H and O–H groups in total. The molecule has 1 aromatic rings. The molecule has 0 spiro atoms. The first-order chi connectivity index (χ1) is 8.15. The van der Waals surface area contributed by atoms with E-state index >= 15 is 0 Å². The molecule has 19 heavy (non-hydrogen) atoms. The van der Waals surface area contributed by atoms with Crippen molar-refractivity contribution in [2.45, 2.75) is 18.3 Å². The number of benzene rings is 1. The van der Waals surface area contributed by atoms with Crippen molar-refractivity contribution in [3.63, 3.8) is 0 Å². The zero-order chi connectivity index (χ0) is 14.0. The molecule has 0 aromatic heterocycles. The monoisotopic (exact) mass is 307 g/mol. The van der Waals surface area contributed by atoms with Crippen LogP contribution in [0.2, 0.25) is 0 Å². The Hall–Kier alpha value is -1.12. The van der Waals surface area contributed by atoms with Crippen molar-refractivity contribution >= 4 is 12.4 Å². The molecule has 3 nitrogen and oxygen atoms in total. The number of halogens is 6. The Balaban J connectivity index is 0.00000324. The first kappa shape index (κ1) is 17.9. The van der Waals surface area contributed by atoms with Gasteiger partial charge in [-0.05, 0) is 17.7 Å². The van der Waals surface area contributed by atoms with Gasteiger partial charge in [0, 0.05) is 0 Å². The van der Waals surface area contributed by atoms with Crippen molar-refractivity contribution in [2.24, 2.45) is 5.73 Å². The first-order valence-electron chi connectivity index (χ1n) is 4.75. The average molecular weight is 308 g/mol. The lowest BCUT2D eigenvalue weighted by Crippen LogP contribution is -2.36. The Morgan fingerprint density at radius 3 is 2.26 bits per heavy atom. The largest absolute Gasteiger partial charge is 0.573 e. The number of rotatable bonds is 4. The zero-order valence-corrected chi connectivity index (χ0v) is 10.1. The van der Waals surface area contributed by atoms with Crippen molar-refractivity contribution in [2.75, 3.05) is 6.61 Å². The number of hydrogen-bond acceptors (Lipinski definition) is 3. The molecule has 0 saturated carbocycles. The van der Waals surface area contributed by atoms with Crippen LogP contribution in [0.1, 0.15) is 11.6 Å². The van der Waals surface area contributed by atoms with E-state index < -0.39 is 30.7 Å². The summed E-state index contributed by atoms with van der Waals surface area (Å²) < 4.78 is 65.5. The van der Waals surface area contributed by atoms with Crippen molar-refractivity contribution in [1.29, 1.82) is 0 Å². The summed E-state index contributed by atoms with van der Waals surface area (Å²) in [6, 6.07) is 2.02. The van der Waals surface area contributed by atoms with Crippen LogP contribution in [0.5, 0.6) is 5.75 Å². The Morgan fingerprint density at radius 1 is 1.21 bits per heavy atom. The molecular formula is C10H11ClF5NO2. The summed E-state index contributed by atoms with van der Waals surface area (Å²) in [5, 5.41) is 8.44. The molecule has 0 amide bonds. The van der Waals surface area contributed by atoms with E-state index in [4.69, 9.17) is 10.8 Å². The van der Waals surface area contributed by atoms with Gasteiger partial charge in [0.05, 0.1) is 6.04 Å². The molecule has 0 unspecified atom stereocenters. The predicted molar refractivity (Wildman–Crippen MR) is 59.3 cm³/mol. The Bertz CT molecular complexity index is 413. The molecule has 0 radical (unpaired) electrons. The van der Waals surface area contributed by atoms with E-state index in [-0.39, 0.29) is 18.0 Å². The van der Waals surface area contributed by atoms with Gasteiger partial charge in [-0.3, -0.25) is 0 Å². The second-order valence-electron chi connectivity index (χ2n) is 3.52.